The molecule has 0 spiro atoms. The largest absolute Gasteiger partial charge is 0.455 e. The molecule has 1 aromatic rings. The van der Waals surface area contributed by atoms with E-state index in [2.05, 4.69) is 55.0 Å². The van der Waals surface area contributed by atoms with Crippen LogP contribution < -0.4 is 0 Å². The predicted octanol–water partition coefficient (Wildman–Crippen LogP) is 7.58. The van der Waals surface area contributed by atoms with Crippen molar-refractivity contribution < 1.29 is 28.5 Å². The lowest BCUT2D eigenvalue weighted by Gasteiger charge is -2.60. The van der Waals surface area contributed by atoms with Crippen molar-refractivity contribution in [3.63, 3.8) is 0 Å². The monoisotopic (exact) mass is 594 g/mol. The molecule has 2 fully saturated rings. The van der Waals surface area contributed by atoms with E-state index in [0.29, 0.717) is 38.8 Å². The highest BCUT2D eigenvalue weighted by molar-refractivity contribution is 5.87. The zero-order valence-electron chi connectivity index (χ0n) is 27.7. The van der Waals surface area contributed by atoms with Crippen LogP contribution in [0.3, 0.4) is 0 Å². The van der Waals surface area contributed by atoms with Gasteiger partial charge in [-0.05, 0) is 93.1 Å². The van der Waals surface area contributed by atoms with Gasteiger partial charge in [0.05, 0.1) is 18.3 Å². The summed E-state index contributed by atoms with van der Waals surface area (Å²) in [6, 6.07) is 9.78. The van der Waals surface area contributed by atoms with Gasteiger partial charge in [0.2, 0.25) is 0 Å². The summed E-state index contributed by atoms with van der Waals surface area (Å²) in [5.74, 6) is -0.0766. The summed E-state index contributed by atoms with van der Waals surface area (Å²) >= 11 is 0. The Labute approximate surface area is 259 Å². The minimum Gasteiger partial charge on any atom is -0.455 e. The number of rotatable bonds is 11. The molecule has 0 saturated heterocycles. The van der Waals surface area contributed by atoms with Crippen LogP contribution in [0, 0.1) is 22.7 Å². The maximum atomic E-state index is 13.1. The van der Waals surface area contributed by atoms with Crippen molar-refractivity contribution in [1.29, 1.82) is 0 Å². The van der Waals surface area contributed by atoms with Crippen LogP contribution >= 0.6 is 0 Å². The molecule has 0 aromatic heterocycles. The molecule has 3 aliphatic rings. The van der Waals surface area contributed by atoms with E-state index in [4.69, 9.17) is 23.7 Å². The number of hydrogen-bond donors (Lipinski definition) is 0. The maximum Gasteiger partial charge on any atom is 0.331 e. The molecule has 0 N–H and O–H groups in total. The van der Waals surface area contributed by atoms with Gasteiger partial charge in [-0.25, -0.2) is 4.79 Å². The van der Waals surface area contributed by atoms with Crippen LogP contribution in [0.1, 0.15) is 80.2 Å². The molecule has 4 rings (SSSR count). The molecule has 6 heteroatoms. The SMILES string of the molecule is C=C1[C@@H](OC(=O)/C=C/c2ccccc2)C[C@H](OCC)[C@]2(C)[C@@H]1C[C@@H]1C[C@H](OCC)C(C)=C([C@@H](OCC)[C@@H]2OCC)C1(C)C. The van der Waals surface area contributed by atoms with Crippen molar-refractivity contribution in [2.45, 2.75) is 105 Å². The Morgan fingerprint density at radius 1 is 0.884 bits per heavy atom. The van der Waals surface area contributed by atoms with Crippen LogP contribution in [0.2, 0.25) is 0 Å². The van der Waals surface area contributed by atoms with Crippen molar-refractivity contribution in [2.24, 2.45) is 22.7 Å². The molecule has 0 aliphatic heterocycles. The van der Waals surface area contributed by atoms with Crippen LogP contribution in [-0.4, -0.2) is 62.9 Å². The molecule has 1 aromatic carbocycles. The van der Waals surface area contributed by atoms with Crippen LogP contribution in [0.25, 0.3) is 6.08 Å². The van der Waals surface area contributed by atoms with Gasteiger partial charge in [0.15, 0.2) is 0 Å². The molecule has 0 amide bonds. The van der Waals surface area contributed by atoms with Gasteiger partial charge >= 0.3 is 5.97 Å². The number of carbonyl (C=O) groups is 1. The van der Waals surface area contributed by atoms with E-state index in [1.54, 1.807) is 6.08 Å². The Morgan fingerprint density at radius 3 is 2.16 bits per heavy atom. The third-order valence-corrected chi connectivity index (χ3v) is 10.4. The molecule has 0 heterocycles. The highest BCUT2D eigenvalue weighted by Crippen LogP contribution is 2.61. The normalized spacial score (nSPS) is 34.0. The number of benzene rings is 1. The summed E-state index contributed by atoms with van der Waals surface area (Å²) in [6.45, 7) is 24.4. The van der Waals surface area contributed by atoms with Crippen LogP contribution in [0.4, 0.5) is 0 Å². The summed E-state index contributed by atoms with van der Waals surface area (Å²) in [4.78, 5) is 13.1. The number of fused-ring (bicyclic) bond motifs is 3. The van der Waals surface area contributed by atoms with E-state index in [0.717, 1.165) is 24.0 Å². The molecule has 2 saturated carbocycles. The van der Waals surface area contributed by atoms with E-state index in [9.17, 15) is 4.79 Å². The molecule has 3 aliphatic carbocycles. The second-order valence-electron chi connectivity index (χ2n) is 13.0. The minimum absolute atomic E-state index is 0.0142. The molecular formula is C37H54O6. The zero-order chi connectivity index (χ0) is 31.4. The van der Waals surface area contributed by atoms with Crippen molar-refractivity contribution in [1.82, 2.24) is 0 Å². The predicted molar refractivity (Wildman–Crippen MR) is 172 cm³/mol. The van der Waals surface area contributed by atoms with Crippen LogP contribution in [0.5, 0.6) is 0 Å². The third kappa shape index (κ3) is 6.58. The molecule has 43 heavy (non-hydrogen) atoms. The third-order valence-electron chi connectivity index (χ3n) is 10.4. The molecule has 2 bridgehead atoms. The lowest BCUT2D eigenvalue weighted by molar-refractivity contribution is -0.208. The molecule has 0 unspecified atom stereocenters. The first-order valence-corrected chi connectivity index (χ1v) is 16.3. The van der Waals surface area contributed by atoms with Crippen molar-refractivity contribution in [2.75, 3.05) is 26.4 Å². The number of carbonyl (C=O) groups excluding carboxylic acids is 1. The molecular weight excluding hydrogens is 540 g/mol. The van der Waals surface area contributed by atoms with Gasteiger partial charge in [-0.1, -0.05) is 57.7 Å². The van der Waals surface area contributed by atoms with Gasteiger partial charge in [-0.2, -0.15) is 0 Å². The van der Waals surface area contributed by atoms with Gasteiger partial charge in [0.25, 0.3) is 0 Å². The summed E-state index contributed by atoms with van der Waals surface area (Å²) in [7, 11) is 0. The fraction of sp³-hybridized carbons (Fsp3) is 0.649. The van der Waals surface area contributed by atoms with Crippen LogP contribution in [0.15, 0.2) is 59.7 Å². The highest BCUT2D eigenvalue weighted by Gasteiger charge is 2.62. The van der Waals surface area contributed by atoms with Gasteiger partial charge < -0.3 is 23.7 Å². The Balaban J connectivity index is 1.79. The maximum absolute atomic E-state index is 13.1. The summed E-state index contributed by atoms with van der Waals surface area (Å²) in [5, 5.41) is 0. The van der Waals surface area contributed by atoms with Crippen molar-refractivity contribution in [3.05, 3.63) is 65.3 Å². The van der Waals surface area contributed by atoms with E-state index in [-0.39, 0.29) is 41.7 Å². The zero-order valence-corrected chi connectivity index (χ0v) is 27.7. The second-order valence-corrected chi connectivity index (χ2v) is 13.0. The first kappa shape index (κ1) is 33.6. The average molecular weight is 595 g/mol. The van der Waals surface area contributed by atoms with E-state index in [1.165, 1.54) is 17.2 Å². The lowest BCUT2D eigenvalue weighted by Crippen LogP contribution is -2.64. The number of hydrogen-bond acceptors (Lipinski definition) is 6. The molecule has 6 nitrogen and oxygen atoms in total. The van der Waals surface area contributed by atoms with E-state index < -0.39 is 11.5 Å². The van der Waals surface area contributed by atoms with Crippen molar-refractivity contribution >= 4 is 12.0 Å². The lowest BCUT2D eigenvalue weighted by atomic mass is 9.49. The topological polar surface area (TPSA) is 63.2 Å². The first-order chi connectivity index (χ1) is 20.5. The number of ether oxygens (including phenoxy) is 5. The molecule has 0 radical (unpaired) electrons. The van der Waals surface area contributed by atoms with Gasteiger partial charge in [0.1, 0.15) is 12.2 Å². The minimum atomic E-state index is -0.457. The fourth-order valence-corrected chi connectivity index (χ4v) is 8.28. The summed E-state index contributed by atoms with van der Waals surface area (Å²) in [6.07, 6.45) is 4.45. The Morgan fingerprint density at radius 2 is 1.53 bits per heavy atom. The smallest absolute Gasteiger partial charge is 0.331 e. The Kier molecular flexibility index (Phi) is 11.1. The van der Waals surface area contributed by atoms with Gasteiger partial charge in [-0.3, -0.25) is 0 Å². The summed E-state index contributed by atoms with van der Waals surface area (Å²) in [5.41, 5.74) is 3.88. The number of esters is 1. The van der Waals surface area contributed by atoms with E-state index in [1.807, 2.05) is 37.3 Å². The second kappa shape index (κ2) is 14.2. The molecule has 8 atom stereocenters. The Bertz CT molecular complexity index is 1170. The fourth-order valence-electron chi connectivity index (χ4n) is 8.28. The van der Waals surface area contributed by atoms with Gasteiger partial charge in [-0.15, -0.1) is 0 Å². The summed E-state index contributed by atoms with van der Waals surface area (Å²) < 4.78 is 32.6. The van der Waals surface area contributed by atoms with E-state index >= 15 is 0 Å². The molecule has 238 valence electrons. The highest BCUT2D eigenvalue weighted by atomic mass is 16.6. The average Bonchev–Trinajstić information content (AvgIpc) is 2.97. The van der Waals surface area contributed by atoms with Crippen molar-refractivity contribution in [3.8, 4) is 0 Å². The standard InChI is InChI=1S/C37H54O6/c1-10-39-29-22-27-21-28-24(5)30(43-32(38)20-19-26-17-15-14-16-18-26)23-31(40-11-2)37(28,9)35(42-13-4)34(41-12-3)33(25(29)6)36(27,7)8/h14-20,27-31,34-35H,5,10-13,21-23H2,1-4,6-9H3/b20-19+/t27-,28-,29+,30+,31+,34-,35+,37+/m1/s1. The Hall–Kier alpha value is -2.25. The first-order valence-electron chi connectivity index (χ1n) is 16.3. The van der Waals surface area contributed by atoms with Crippen LogP contribution in [-0.2, 0) is 28.5 Å². The quantitative estimate of drug-likeness (QED) is 0.150. The van der Waals surface area contributed by atoms with Gasteiger partial charge in [0, 0.05) is 44.3 Å².